The molecule has 0 saturated heterocycles. The van der Waals surface area contributed by atoms with Gasteiger partial charge >= 0.3 is 0 Å². The molecule has 22 heavy (non-hydrogen) atoms. The van der Waals surface area contributed by atoms with Crippen LogP contribution in [-0.2, 0) is 7.05 Å². The maximum atomic E-state index is 5.83. The fourth-order valence-corrected chi connectivity index (χ4v) is 3.22. The highest BCUT2D eigenvalue weighted by Crippen LogP contribution is 2.36. The molecule has 0 spiro atoms. The largest absolute Gasteiger partial charge is 0.435 e. The van der Waals surface area contributed by atoms with Gasteiger partial charge in [-0.25, -0.2) is 9.97 Å². The summed E-state index contributed by atoms with van der Waals surface area (Å²) in [5.74, 6) is 1.21. The SMILES string of the molecule is Cn1cc(Oc2ncnc3sc(-c4ccccc4)cc23)cn1. The van der Waals surface area contributed by atoms with Gasteiger partial charge in [0.15, 0.2) is 5.75 Å². The molecule has 0 N–H and O–H groups in total. The second-order valence-corrected chi connectivity index (χ2v) is 5.86. The topological polar surface area (TPSA) is 52.8 Å². The number of ether oxygens (including phenoxy) is 1. The zero-order valence-corrected chi connectivity index (χ0v) is 12.6. The summed E-state index contributed by atoms with van der Waals surface area (Å²) < 4.78 is 7.53. The number of fused-ring (bicyclic) bond motifs is 1. The van der Waals surface area contributed by atoms with E-state index in [1.807, 2.05) is 25.2 Å². The first kappa shape index (κ1) is 13.0. The van der Waals surface area contributed by atoms with E-state index in [4.69, 9.17) is 4.74 Å². The van der Waals surface area contributed by atoms with Crippen LogP contribution in [0.2, 0.25) is 0 Å². The number of hydrogen-bond donors (Lipinski definition) is 0. The molecule has 0 saturated carbocycles. The minimum atomic E-state index is 0.552. The Morgan fingerprint density at radius 3 is 2.77 bits per heavy atom. The van der Waals surface area contributed by atoms with Crippen molar-refractivity contribution in [3.8, 4) is 22.1 Å². The average molecular weight is 308 g/mol. The summed E-state index contributed by atoms with van der Waals surface area (Å²) in [6, 6.07) is 12.3. The summed E-state index contributed by atoms with van der Waals surface area (Å²) >= 11 is 1.63. The van der Waals surface area contributed by atoms with Crippen LogP contribution < -0.4 is 4.74 Å². The van der Waals surface area contributed by atoms with E-state index in [0.717, 1.165) is 20.7 Å². The number of thiophene rings is 1. The van der Waals surface area contributed by atoms with E-state index in [9.17, 15) is 0 Å². The number of aryl methyl sites for hydroxylation is 1. The Morgan fingerprint density at radius 1 is 1.14 bits per heavy atom. The van der Waals surface area contributed by atoms with Crippen LogP contribution in [0.4, 0.5) is 0 Å². The van der Waals surface area contributed by atoms with Gasteiger partial charge in [0.05, 0.1) is 17.8 Å². The van der Waals surface area contributed by atoms with Gasteiger partial charge < -0.3 is 4.74 Å². The molecular formula is C16H12N4OS. The van der Waals surface area contributed by atoms with Crippen LogP contribution in [0.15, 0.2) is 55.1 Å². The fourth-order valence-electron chi connectivity index (χ4n) is 2.22. The maximum Gasteiger partial charge on any atom is 0.231 e. The van der Waals surface area contributed by atoms with E-state index in [1.54, 1.807) is 28.4 Å². The first-order chi connectivity index (χ1) is 10.8. The van der Waals surface area contributed by atoms with E-state index >= 15 is 0 Å². The number of hydrogen-bond acceptors (Lipinski definition) is 5. The van der Waals surface area contributed by atoms with Crippen molar-refractivity contribution in [1.82, 2.24) is 19.7 Å². The molecule has 0 amide bonds. The minimum Gasteiger partial charge on any atom is -0.435 e. The lowest BCUT2D eigenvalue weighted by molar-refractivity contribution is 0.468. The van der Waals surface area contributed by atoms with E-state index in [-0.39, 0.29) is 0 Å². The molecule has 4 aromatic rings. The summed E-state index contributed by atoms with van der Waals surface area (Å²) in [5, 5.41) is 5.01. The van der Waals surface area contributed by atoms with Gasteiger partial charge in [-0.1, -0.05) is 30.3 Å². The van der Waals surface area contributed by atoms with Crippen molar-refractivity contribution in [1.29, 1.82) is 0 Å². The van der Waals surface area contributed by atoms with E-state index in [2.05, 4.69) is 33.3 Å². The van der Waals surface area contributed by atoms with E-state index in [0.29, 0.717) is 11.6 Å². The third-order valence-electron chi connectivity index (χ3n) is 3.25. The molecule has 6 heteroatoms. The van der Waals surface area contributed by atoms with E-state index < -0.39 is 0 Å². The lowest BCUT2D eigenvalue weighted by Gasteiger charge is -2.01. The van der Waals surface area contributed by atoms with Crippen LogP contribution in [0.1, 0.15) is 0 Å². The monoisotopic (exact) mass is 308 g/mol. The van der Waals surface area contributed by atoms with Crippen LogP contribution in [0, 0.1) is 0 Å². The smallest absolute Gasteiger partial charge is 0.231 e. The Morgan fingerprint density at radius 2 is 2.00 bits per heavy atom. The molecule has 0 unspecified atom stereocenters. The lowest BCUT2D eigenvalue weighted by atomic mass is 10.2. The zero-order chi connectivity index (χ0) is 14.9. The molecule has 0 aliphatic carbocycles. The van der Waals surface area contributed by atoms with Crippen molar-refractivity contribution in [2.24, 2.45) is 7.05 Å². The Bertz CT molecular complexity index is 930. The van der Waals surface area contributed by atoms with E-state index in [1.165, 1.54) is 6.33 Å². The van der Waals surface area contributed by atoms with Gasteiger partial charge in [-0.15, -0.1) is 11.3 Å². The van der Waals surface area contributed by atoms with Crippen LogP contribution in [0.25, 0.3) is 20.7 Å². The van der Waals surface area contributed by atoms with Crippen molar-refractivity contribution < 1.29 is 4.74 Å². The standard InChI is InChI=1S/C16H12N4OS/c1-20-9-12(8-19-20)21-15-13-7-14(11-5-3-2-4-6-11)22-16(13)18-10-17-15/h2-10H,1H3. The Labute approximate surface area is 130 Å². The fraction of sp³-hybridized carbons (Fsp3) is 0.0625. The van der Waals surface area contributed by atoms with Crippen molar-refractivity contribution >= 4 is 21.6 Å². The lowest BCUT2D eigenvalue weighted by Crippen LogP contribution is -1.88. The second-order valence-electron chi connectivity index (χ2n) is 4.83. The van der Waals surface area contributed by atoms with Gasteiger partial charge in [0.1, 0.15) is 11.2 Å². The van der Waals surface area contributed by atoms with Gasteiger partial charge in [0.25, 0.3) is 0 Å². The summed E-state index contributed by atoms with van der Waals surface area (Å²) in [7, 11) is 1.85. The van der Waals surface area contributed by atoms with Crippen LogP contribution in [0.5, 0.6) is 11.6 Å². The van der Waals surface area contributed by atoms with Gasteiger partial charge in [-0.05, 0) is 11.6 Å². The van der Waals surface area contributed by atoms with Crippen LogP contribution in [-0.4, -0.2) is 19.7 Å². The predicted molar refractivity (Wildman–Crippen MR) is 86.1 cm³/mol. The summed E-state index contributed by atoms with van der Waals surface area (Å²) in [4.78, 5) is 10.7. The van der Waals surface area contributed by atoms with Gasteiger partial charge in [0.2, 0.25) is 5.88 Å². The molecule has 5 nitrogen and oxygen atoms in total. The highest BCUT2D eigenvalue weighted by Gasteiger charge is 2.12. The number of nitrogens with zero attached hydrogens (tertiary/aromatic N) is 4. The third-order valence-corrected chi connectivity index (χ3v) is 4.34. The molecule has 0 aliphatic heterocycles. The Balaban J connectivity index is 1.78. The number of rotatable bonds is 3. The highest BCUT2D eigenvalue weighted by molar-refractivity contribution is 7.21. The zero-order valence-electron chi connectivity index (χ0n) is 11.8. The van der Waals surface area contributed by atoms with Gasteiger partial charge in [-0.2, -0.15) is 5.10 Å². The third kappa shape index (κ3) is 2.33. The predicted octanol–water partition coefficient (Wildman–Crippen LogP) is 3.88. The van der Waals surface area contributed by atoms with Crippen LogP contribution in [0.3, 0.4) is 0 Å². The molecule has 0 bridgehead atoms. The minimum absolute atomic E-state index is 0.552. The molecule has 0 aliphatic rings. The second kappa shape index (κ2) is 5.23. The molecule has 108 valence electrons. The summed E-state index contributed by atoms with van der Waals surface area (Å²) in [6.45, 7) is 0. The highest BCUT2D eigenvalue weighted by atomic mass is 32.1. The van der Waals surface area contributed by atoms with Crippen molar-refractivity contribution in [2.75, 3.05) is 0 Å². The summed E-state index contributed by atoms with van der Waals surface area (Å²) in [6.07, 6.45) is 5.00. The molecule has 4 rings (SSSR count). The molecule has 3 aromatic heterocycles. The molecular weight excluding hydrogens is 296 g/mol. The van der Waals surface area contributed by atoms with Gasteiger partial charge in [-0.3, -0.25) is 4.68 Å². The van der Waals surface area contributed by atoms with Crippen molar-refractivity contribution in [2.45, 2.75) is 0 Å². The molecule has 3 heterocycles. The Kier molecular flexibility index (Phi) is 3.08. The average Bonchev–Trinajstić information content (AvgIpc) is 3.15. The Hall–Kier alpha value is -2.73. The van der Waals surface area contributed by atoms with Crippen molar-refractivity contribution in [3.05, 3.63) is 55.1 Å². The first-order valence-electron chi connectivity index (χ1n) is 6.76. The number of benzene rings is 1. The van der Waals surface area contributed by atoms with Crippen molar-refractivity contribution in [3.63, 3.8) is 0 Å². The van der Waals surface area contributed by atoms with Gasteiger partial charge in [0, 0.05) is 11.9 Å². The maximum absolute atomic E-state index is 5.83. The summed E-state index contributed by atoms with van der Waals surface area (Å²) in [5.41, 5.74) is 1.16. The molecule has 0 fully saturated rings. The molecule has 1 aromatic carbocycles. The number of aromatic nitrogens is 4. The first-order valence-corrected chi connectivity index (χ1v) is 7.58. The normalized spacial score (nSPS) is 11.0. The molecule has 0 radical (unpaired) electrons. The molecule has 0 atom stereocenters. The van der Waals surface area contributed by atoms with Crippen LogP contribution >= 0.6 is 11.3 Å². The quantitative estimate of drug-likeness (QED) is 0.576.